The third kappa shape index (κ3) is 0.978. The molecule has 0 N–H and O–H groups in total. The summed E-state index contributed by atoms with van der Waals surface area (Å²) >= 11 is 0. The molecule has 2 aromatic rings. The molecule has 0 saturated heterocycles. The first-order valence-corrected chi connectivity index (χ1v) is 4.62. The molecule has 1 heterocycles. The minimum absolute atomic E-state index is 0.792. The third-order valence-electron chi connectivity index (χ3n) is 2.34. The number of furan rings is 1. The highest BCUT2D eigenvalue weighted by Crippen LogP contribution is 2.27. The minimum atomic E-state index is 0.792. The van der Waals surface area contributed by atoms with Crippen molar-refractivity contribution in [2.45, 2.75) is 6.42 Å². The van der Waals surface area contributed by atoms with E-state index in [1.165, 1.54) is 0 Å². The predicted molar refractivity (Wildman–Crippen MR) is 56.7 cm³/mol. The fraction of sp³-hybridized carbons (Fsp3) is 0.0769. The van der Waals surface area contributed by atoms with Crippen LogP contribution in [-0.2, 0) is 0 Å². The molecule has 0 spiro atoms. The van der Waals surface area contributed by atoms with Crippen molar-refractivity contribution >= 4 is 17.0 Å². The third-order valence-corrected chi connectivity index (χ3v) is 2.34. The first kappa shape index (κ1) is 7.46. The monoisotopic (exact) mass is 180 g/mol. The predicted octanol–water partition coefficient (Wildman–Crippen LogP) is 3.20. The second kappa shape index (κ2) is 2.78. The van der Waals surface area contributed by atoms with Gasteiger partial charge in [0.25, 0.3) is 0 Å². The Hall–Kier alpha value is -1.94. The van der Waals surface area contributed by atoms with Crippen LogP contribution in [0.2, 0.25) is 0 Å². The topological polar surface area (TPSA) is 13.1 Å². The molecule has 1 heteroatoms. The first-order chi connectivity index (χ1) is 6.95. The molecule has 1 aromatic carbocycles. The fourth-order valence-corrected chi connectivity index (χ4v) is 1.69. The molecule has 0 aliphatic heterocycles. The van der Waals surface area contributed by atoms with Gasteiger partial charge in [-0.3, -0.25) is 0 Å². The van der Waals surface area contributed by atoms with Crippen molar-refractivity contribution in [2.75, 3.05) is 0 Å². The molecule has 1 aliphatic carbocycles. The van der Waals surface area contributed by atoms with Gasteiger partial charge in [0, 0.05) is 17.4 Å². The zero-order valence-electron chi connectivity index (χ0n) is 7.58. The standard InChI is InChI=1S/C13H8O/c1-2-6-10-11-7-4-5-9-13(11)14-12(10)8-3-1/h2,4-7,9H,1H2. The molecule has 0 radical (unpaired) electrons. The fourth-order valence-electron chi connectivity index (χ4n) is 1.69. The van der Waals surface area contributed by atoms with E-state index in [0.717, 1.165) is 28.7 Å². The number of fused-ring (bicyclic) bond motifs is 3. The van der Waals surface area contributed by atoms with E-state index in [4.69, 9.17) is 4.42 Å². The Morgan fingerprint density at radius 1 is 1.21 bits per heavy atom. The molecular formula is C13H8O. The Morgan fingerprint density at radius 2 is 2.14 bits per heavy atom. The highest BCUT2D eigenvalue weighted by atomic mass is 16.3. The lowest BCUT2D eigenvalue weighted by Gasteiger charge is -1.87. The number of benzene rings is 1. The maximum atomic E-state index is 5.65. The summed E-state index contributed by atoms with van der Waals surface area (Å²) < 4.78 is 5.65. The second-order valence-corrected chi connectivity index (χ2v) is 3.25. The van der Waals surface area contributed by atoms with Crippen LogP contribution in [0.25, 0.3) is 17.0 Å². The van der Waals surface area contributed by atoms with Gasteiger partial charge in [-0.2, -0.15) is 0 Å². The smallest absolute Gasteiger partial charge is 0.185 e. The van der Waals surface area contributed by atoms with Crippen LogP contribution in [0.15, 0.2) is 34.8 Å². The van der Waals surface area contributed by atoms with Crippen LogP contribution in [0.4, 0.5) is 0 Å². The van der Waals surface area contributed by atoms with Crippen LogP contribution < -0.4 is 0 Å². The van der Waals surface area contributed by atoms with Gasteiger partial charge >= 0.3 is 0 Å². The normalized spacial score (nSPS) is 13.1. The van der Waals surface area contributed by atoms with E-state index < -0.39 is 0 Å². The number of rotatable bonds is 0. The number of allylic oxidation sites excluding steroid dienone is 1. The van der Waals surface area contributed by atoms with E-state index in [1.807, 2.05) is 18.2 Å². The van der Waals surface area contributed by atoms with E-state index >= 15 is 0 Å². The Bertz CT molecular complexity index is 576. The summed E-state index contributed by atoms with van der Waals surface area (Å²) in [4.78, 5) is 0. The van der Waals surface area contributed by atoms with Gasteiger partial charge in [0.05, 0.1) is 0 Å². The molecule has 0 atom stereocenters. The van der Waals surface area contributed by atoms with Gasteiger partial charge in [-0.25, -0.2) is 0 Å². The van der Waals surface area contributed by atoms with Gasteiger partial charge in [-0.1, -0.05) is 36.3 Å². The van der Waals surface area contributed by atoms with Crippen molar-refractivity contribution < 1.29 is 4.42 Å². The number of hydrogen-bond acceptors (Lipinski definition) is 1. The summed E-state index contributed by atoms with van der Waals surface area (Å²) in [5, 5.41) is 1.15. The SMILES string of the molecule is C1#Cc2oc3ccccc3c2C=CC1. The zero-order valence-corrected chi connectivity index (χ0v) is 7.58. The molecule has 66 valence electrons. The maximum absolute atomic E-state index is 5.65. The van der Waals surface area contributed by atoms with Gasteiger partial charge < -0.3 is 4.42 Å². The van der Waals surface area contributed by atoms with Crippen molar-refractivity contribution in [2.24, 2.45) is 0 Å². The van der Waals surface area contributed by atoms with Crippen molar-refractivity contribution in [1.82, 2.24) is 0 Å². The molecular weight excluding hydrogens is 172 g/mol. The molecule has 0 unspecified atom stereocenters. The summed E-state index contributed by atoms with van der Waals surface area (Å²) in [5.41, 5.74) is 2.03. The molecule has 1 aliphatic rings. The highest BCUT2D eigenvalue weighted by molar-refractivity contribution is 5.90. The quantitative estimate of drug-likeness (QED) is 0.567. The summed E-state index contributed by atoms with van der Waals surface area (Å²) in [7, 11) is 0. The van der Waals surface area contributed by atoms with E-state index in [9.17, 15) is 0 Å². The lowest BCUT2D eigenvalue weighted by Crippen LogP contribution is -1.71. The average molecular weight is 180 g/mol. The van der Waals surface area contributed by atoms with Gasteiger partial charge in [0.15, 0.2) is 5.76 Å². The molecule has 0 fully saturated rings. The Kier molecular flexibility index (Phi) is 1.48. The number of hydrogen-bond donors (Lipinski definition) is 0. The van der Waals surface area contributed by atoms with Crippen LogP contribution in [0.5, 0.6) is 0 Å². The van der Waals surface area contributed by atoms with Crippen LogP contribution in [0.3, 0.4) is 0 Å². The second-order valence-electron chi connectivity index (χ2n) is 3.25. The summed E-state index contributed by atoms with van der Waals surface area (Å²) in [6.45, 7) is 0. The summed E-state index contributed by atoms with van der Waals surface area (Å²) in [6.07, 6.45) is 4.95. The lowest BCUT2D eigenvalue weighted by molar-refractivity contribution is 0.600. The Morgan fingerprint density at radius 3 is 3.14 bits per heavy atom. The maximum Gasteiger partial charge on any atom is 0.185 e. The Balaban J connectivity index is 2.44. The molecule has 0 saturated carbocycles. The summed E-state index contributed by atoms with van der Waals surface area (Å²) in [6, 6.07) is 8.03. The van der Waals surface area contributed by atoms with E-state index in [2.05, 4.69) is 30.1 Å². The molecule has 1 nitrogen and oxygen atoms in total. The number of para-hydroxylation sites is 1. The van der Waals surface area contributed by atoms with Gasteiger partial charge in [0.1, 0.15) is 5.58 Å². The first-order valence-electron chi connectivity index (χ1n) is 4.62. The molecule has 0 bridgehead atoms. The largest absolute Gasteiger partial charge is 0.447 e. The Labute approximate surface area is 82.0 Å². The average Bonchev–Trinajstić information content (AvgIpc) is 2.42. The molecule has 14 heavy (non-hydrogen) atoms. The van der Waals surface area contributed by atoms with E-state index in [-0.39, 0.29) is 0 Å². The van der Waals surface area contributed by atoms with Crippen LogP contribution in [0, 0.1) is 11.8 Å². The molecule has 1 aromatic heterocycles. The van der Waals surface area contributed by atoms with E-state index in [0.29, 0.717) is 0 Å². The van der Waals surface area contributed by atoms with Crippen LogP contribution >= 0.6 is 0 Å². The van der Waals surface area contributed by atoms with Crippen molar-refractivity contribution in [1.29, 1.82) is 0 Å². The van der Waals surface area contributed by atoms with E-state index in [1.54, 1.807) is 0 Å². The van der Waals surface area contributed by atoms with Gasteiger partial charge in [-0.15, -0.1) is 0 Å². The molecule has 3 rings (SSSR count). The van der Waals surface area contributed by atoms with Crippen molar-refractivity contribution in [3.05, 3.63) is 41.7 Å². The lowest BCUT2D eigenvalue weighted by atomic mass is 10.1. The van der Waals surface area contributed by atoms with Gasteiger partial charge in [-0.05, 0) is 12.0 Å². The van der Waals surface area contributed by atoms with Crippen LogP contribution in [-0.4, -0.2) is 0 Å². The zero-order chi connectivity index (χ0) is 9.38. The van der Waals surface area contributed by atoms with Crippen LogP contribution in [0.1, 0.15) is 17.7 Å². The van der Waals surface area contributed by atoms with Gasteiger partial charge in [0.2, 0.25) is 0 Å². The minimum Gasteiger partial charge on any atom is -0.447 e. The summed E-state index contributed by atoms with van der Waals surface area (Å²) in [5.74, 6) is 6.86. The van der Waals surface area contributed by atoms with Crippen molar-refractivity contribution in [3.63, 3.8) is 0 Å². The molecule has 0 amide bonds. The highest BCUT2D eigenvalue weighted by Gasteiger charge is 2.09. The van der Waals surface area contributed by atoms with Crippen molar-refractivity contribution in [3.8, 4) is 11.8 Å².